The molecule has 1 aromatic heterocycles. The van der Waals surface area contributed by atoms with E-state index in [0.717, 1.165) is 35.8 Å². The third-order valence-corrected chi connectivity index (χ3v) is 4.76. The quantitative estimate of drug-likeness (QED) is 0.932. The predicted octanol–water partition coefficient (Wildman–Crippen LogP) is 3.75. The molecule has 20 heavy (non-hydrogen) atoms. The highest BCUT2D eigenvalue weighted by Crippen LogP contribution is 2.40. The van der Waals surface area contributed by atoms with E-state index in [2.05, 4.69) is 6.07 Å². The van der Waals surface area contributed by atoms with Gasteiger partial charge in [-0.05, 0) is 36.5 Å². The molecular formula is C16H18O3S. The van der Waals surface area contributed by atoms with Crippen molar-refractivity contribution in [2.45, 2.75) is 24.9 Å². The lowest BCUT2D eigenvalue weighted by atomic mass is 9.88. The second-order valence-corrected chi connectivity index (χ2v) is 5.96. The second kappa shape index (κ2) is 5.85. The van der Waals surface area contributed by atoms with E-state index in [1.54, 1.807) is 18.4 Å². The van der Waals surface area contributed by atoms with Crippen LogP contribution in [0.3, 0.4) is 0 Å². The van der Waals surface area contributed by atoms with Crippen LogP contribution in [0.5, 0.6) is 11.5 Å². The molecule has 0 saturated carbocycles. The van der Waals surface area contributed by atoms with Gasteiger partial charge >= 0.3 is 0 Å². The summed E-state index contributed by atoms with van der Waals surface area (Å²) in [6, 6.07) is 10.0. The molecule has 3 nitrogen and oxygen atoms in total. The molecule has 1 aliphatic rings. The Morgan fingerprint density at radius 1 is 1.45 bits per heavy atom. The van der Waals surface area contributed by atoms with Gasteiger partial charge in [0.15, 0.2) is 0 Å². The Labute approximate surface area is 122 Å². The van der Waals surface area contributed by atoms with Gasteiger partial charge in [0.25, 0.3) is 0 Å². The number of aliphatic hydroxyl groups is 1. The van der Waals surface area contributed by atoms with Crippen LogP contribution in [-0.4, -0.2) is 18.8 Å². The smallest absolute Gasteiger partial charge is 0.129 e. The highest BCUT2D eigenvalue weighted by molar-refractivity contribution is 7.10. The minimum Gasteiger partial charge on any atom is -0.496 e. The van der Waals surface area contributed by atoms with Crippen LogP contribution in [-0.2, 0) is 0 Å². The molecule has 1 N–H and O–H groups in total. The molecule has 106 valence electrons. The fraction of sp³-hybridized carbons (Fsp3) is 0.375. The Morgan fingerprint density at radius 2 is 2.30 bits per heavy atom. The fourth-order valence-corrected chi connectivity index (χ4v) is 3.52. The lowest BCUT2D eigenvalue weighted by Crippen LogP contribution is -2.16. The number of methoxy groups -OCH3 is 1. The van der Waals surface area contributed by atoms with Crippen molar-refractivity contribution in [1.82, 2.24) is 0 Å². The van der Waals surface area contributed by atoms with Gasteiger partial charge in [0.05, 0.1) is 19.8 Å². The molecule has 1 aromatic carbocycles. The maximum absolute atomic E-state index is 10.4. The fourth-order valence-electron chi connectivity index (χ4n) is 2.66. The van der Waals surface area contributed by atoms with E-state index in [1.807, 2.05) is 29.6 Å². The molecule has 2 unspecified atom stereocenters. The molecule has 4 heteroatoms. The second-order valence-electron chi connectivity index (χ2n) is 5.01. The number of thiophene rings is 1. The van der Waals surface area contributed by atoms with E-state index >= 15 is 0 Å². The van der Waals surface area contributed by atoms with E-state index in [-0.39, 0.29) is 0 Å². The molecule has 1 aliphatic heterocycles. The lowest BCUT2D eigenvalue weighted by molar-refractivity contribution is 0.148. The number of rotatable bonds is 4. The number of fused-ring (bicyclic) bond motifs is 1. The molecule has 0 spiro atoms. The zero-order valence-corrected chi connectivity index (χ0v) is 12.2. The summed E-state index contributed by atoms with van der Waals surface area (Å²) in [6.45, 7) is 0.724. The average molecular weight is 290 g/mol. The van der Waals surface area contributed by atoms with Gasteiger partial charge in [-0.15, -0.1) is 11.3 Å². The van der Waals surface area contributed by atoms with E-state index in [4.69, 9.17) is 9.47 Å². The number of para-hydroxylation sites is 1. The van der Waals surface area contributed by atoms with Crippen molar-refractivity contribution in [3.8, 4) is 11.5 Å². The summed E-state index contributed by atoms with van der Waals surface area (Å²) in [7, 11) is 1.65. The first-order chi connectivity index (χ1) is 9.78. The highest BCUT2D eigenvalue weighted by atomic mass is 32.1. The third-order valence-electron chi connectivity index (χ3n) is 3.75. The number of benzene rings is 1. The molecule has 3 rings (SSSR count). The Morgan fingerprint density at radius 3 is 3.10 bits per heavy atom. The van der Waals surface area contributed by atoms with E-state index in [1.165, 1.54) is 5.56 Å². The van der Waals surface area contributed by atoms with Gasteiger partial charge in [-0.3, -0.25) is 0 Å². The van der Waals surface area contributed by atoms with Crippen LogP contribution in [0.2, 0.25) is 0 Å². The summed E-state index contributed by atoms with van der Waals surface area (Å²) in [5.74, 6) is 2.12. The number of hydrogen-bond acceptors (Lipinski definition) is 4. The monoisotopic (exact) mass is 290 g/mol. The molecular weight excluding hydrogens is 272 g/mol. The summed E-state index contributed by atoms with van der Waals surface area (Å²) in [6.07, 6.45) is 1.24. The van der Waals surface area contributed by atoms with Crippen LogP contribution in [0.4, 0.5) is 0 Å². The first-order valence-corrected chi connectivity index (χ1v) is 7.68. The van der Waals surface area contributed by atoms with Crippen molar-refractivity contribution in [1.29, 1.82) is 0 Å². The zero-order valence-electron chi connectivity index (χ0n) is 11.4. The van der Waals surface area contributed by atoms with Gasteiger partial charge in [0.1, 0.15) is 11.5 Å². The summed E-state index contributed by atoms with van der Waals surface area (Å²) < 4.78 is 10.8. The van der Waals surface area contributed by atoms with Gasteiger partial charge in [-0.1, -0.05) is 18.2 Å². The van der Waals surface area contributed by atoms with Crippen molar-refractivity contribution in [2.75, 3.05) is 13.7 Å². The van der Waals surface area contributed by atoms with Gasteiger partial charge in [-0.2, -0.15) is 0 Å². The minimum atomic E-state index is -0.444. The Kier molecular flexibility index (Phi) is 3.94. The first-order valence-electron chi connectivity index (χ1n) is 6.80. The Hall–Kier alpha value is -1.52. The summed E-state index contributed by atoms with van der Waals surface area (Å²) in [5, 5.41) is 12.3. The first kappa shape index (κ1) is 13.5. The number of aliphatic hydroxyl groups excluding tert-OH is 1. The van der Waals surface area contributed by atoms with Crippen LogP contribution < -0.4 is 9.47 Å². The van der Waals surface area contributed by atoms with Crippen LogP contribution in [0.15, 0.2) is 35.7 Å². The molecule has 0 amide bonds. The normalized spacial score (nSPS) is 19.0. The van der Waals surface area contributed by atoms with Crippen LogP contribution >= 0.6 is 11.3 Å². The molecule has 2 aromatic rings. The van der Waals surface area contributed by atoms with Crippen LogP contribution in [0, 0.1) is 0 Å². The van der Waals surface area contributed by atoms with Crippen LogP contribution in [0.25, 0.3) is 0 Å². The minimum absolute atomic E-state index is 0.350. The van der Waals surface area contributed by atoms with Gasteiger partial charge in [0, 0.05) is 10.3 Å². The van der Waals surface area contributed by atoms with Crippen molar-refractivity contribution in [3.05, 3.63) is 46.2 Å². The van der Waals surface area contributed by atoms with Gasteiger partial charge < -0.3 is 14.6 Å². The van der Waals surface area contributed by atoms with Crippen molar-refractivity contribution < 1.29 is 14.6 Å². The van der Waals surface area contributed by atoms with Crippen LogP contribution in [0.1, 0.15) is 35.3 Å². The maximum Gasteiger partial charge on any atom is 0.129 e. The highest BCUT2D eigenvalue weighted by Gasteiger charge is 2.24. The van der Waals surface area contributed by atoms with Crippen molar-refractivity contribution in [3.63, 3.8) is 0 Å². The molecule has 0 saturated heterocycles. The molecule has 2 atom stereocenters. The summed E-state index contributed by atoms with van der Waals surface area (Å²) in [4.78, 5) is 0.964. The van der Waals surface area contributed by atoms with Gasteiger partial charge in [0.2, 0.25) is 0 Å². The standard InChI is InChI=1S/C16H18O3S/c1-18-12-9-16(20-10-12)14(17)8-11-6-7-19-15-5-3-2-4-13(11)15/h2-5,9-11,14,17H,6-8H2,1H3. The average Bonchev–Trinajstić information content (AvgIpc) is 2.97. The predicted molar refractivity (Wildman–Crippen MR) is 79.7 cm³/mol. The Balaban J connectivity index is 1.75. The van der Waals surface area contributed by atoms with E-state index in [9.17, 15) is 5.11 Å². The Bertz CT molecular complexity index is 579. The van der Waals surface area contributed by atoms with Crippen molar-refractivity contribution in [2.24, 2.45) is 0 Å². The van der Waals surface area contributed by atoms with Crippen molar-refractivity contribution >= 4 is 11.3 Å². The molecule has 0 fully saturated rings. The zero-order chi connectivity index (χ0) is 13.9. The number of hydrogen-bond donors (Lipinski definition) is 1. The topological polar surface area (TPSA) is 38.7 Å². The van der Waals surface area contributed by atoms with E-state index < -0.39 is 6.10 Å². The molecule has 2 heterocycles. The SMILES string of the molecule is COc1csc(C(O)CC2CCOc3ccccc32)c1. The third kappa shape index (κ3) is 2.67. The van der Waals surface area contributed by atoms with E-state index in [0.29, 0.717) is 5.92 Å². The summed E-state index contributed by atoms with van der Waals surface area (Å²) in [5.41, 5.74) is 1.21. The lowest BCUT2D eigenvalue weighted by Gasteiger charge is -2.27. The van der Waals surface area contributed by atoms with Gasteiger partial charge in [-0.25, -0.2) is 0 Å². The largest absolute Gasteiger partial charge is 0.496 e. The number of ether oxygens (including phenoxy) is 2. The maximum atomic E-state index is 10.4. The summed E-state index contributed by atoms with van der Waals surface area (Å²) >= 11 is 1.55. The molecule has 0 aliphatic carbocycles. The molecule has 0 bridgehead atoms. The molecule has 0 radical (unpaired) electrons.